The topological polar surface area (TPSA) is 94.3 Å². The third-order valence-corrected chi connectivity index (χ3v) is 5.71. The van der Waals surface area contributed by atoms with Gasteiger partial charge in [0, 0.05) is 29.7 Å². The summed E-state index contributed by atoms with van der Waals surface area (Å²) in [5, 5.41) is 18.0. The van der Waals surface area contributed by atoms with Crippen molar-refractivity contribution in [2.45, 2.75) is 18.7 Å². The molecule has 32 heavy (non-hydrogen) atoms. The molecule has 3 aromatic rings. The molecule has 0 radical (unpaired) electrons. The maximum atomic E-state index is 11.8. The molecule has 0 bridgehead atoms. The summed E-state index contributed by atoms with van der Waals surface area (Å²) >= 11 is 0. The Morgan fingerprint density at radius 1 is 1.12 bits per heavy atom. The molecule has 0 fully saturated rings. The van der Waals surface area contributed by atoms with Crippen LogP contribution in [0.25, 0.3) is 0 Å². The van der Waals surface area contributed by atoms with E-state index in [1.807, 2.05) is 35.3 Å². The number of hydrogen-bond acceptors (Lipinski definition) is 7. The number of rotatable bonds is 4. The van der Waals surface area contributed by atoms with Crippen LogP contribution in [0.2, 0.25) is 0 Å². The van der Waals surface area contributed by atoms with Crippen molar-refractivity contribution in [1.82, 2.24) is 5.01 Å². The largest absolute Gasteiger partial charge is 0.465 e. The molecule has 8 nitrogen and oxygen atoms in total. The fraction of sp³-hybridized carbons (Fsp3) is 0.167. The van der Waals surface area contributed by atoms with Gasteiger partial charge in [0.1, 0.15) is 5.75 Å². The van der Waals surface area contributed by atoms with Gasteiger partial charge in [0.2, 0.25) is 6.23 Å². The number of non-ortho nitro benzene ring substituents is 1. The van der Waals surface area contributed by atoms with E-state index in [2.05, 4.69) is 0 Å². The highest BCUT2D eigenvalue weighted by Gasteiger charge is 2.41. The van der Waals surface area contributed by atoms with Gasteiger partial charge in [0.15, 0.2) is 0 Å². The molecule has 0 aromatic heterocycles. The number of ether oxygens (including phenoxy) is 2. The molecule has 0 amide bonds. The predicted octanol–water partition coefficient (Wildman–Crippen LogP) is 4.62. The number of carbonyl (C=O) groups is 1. The van der Waals surface area contributed by atoms with Crippen LogP contribution in [0.4, 0.5) is 5.69 Å². The summed E-state index contributed by atoms with van der Waals surface area (Å²) in [6, 6.07) is 21.2. The van der Waals surface area contributed by atoms with E-state index in [1.54, 1.807) is 36.4 Å². The Morgan fingerprint density at radius 2 is 1.88 bits per heavy atom. The van der Waals surface area contributed by atoms with E-state index in [-0.39, 0.29) is 11.7 Å². The van der Waals surface area contributed by atoms with Crippen LogP contribution in [0.1, 0.15) is 45.7 Å². The summed E-state index contributed by atoms with van der Waals surface area (Å²) in [7, 11) is 1.34. The smallest absolute Gasteiger partial charge is 0.337 e. The lowest BCUT2D eigenvalue weighted by atomic mass is 9.95. The van der Waals surface area contributed by atoms with Gasteiger partial charge in [-0.05, 0) is 23.8 Å². The third kappa shape index (κ3) is 3.35. The Bertz CT molecular complexity index is 1220. The van der Waals surface area contributed by atoms with Crippen molar-refractivity contribution in [2.24, 2.45) is 5.10 Å². The van der Waals surface area contributed by atoms with Crippen molar-refractivity contribution in [2.75, 3.05) is 7.11 Å². The lowest BCUT2D eigenvalue weighted by molar-refractivity contribution is -0.385. The highest BCUT2D eigenvalue weighted by molar-refractivity contribution is 6.02. The monoisotopic (exact) mass is 429 g/mol. The zero-order valence-corrected chi connectivity index (χ0v) is 17.2. The minimum absolute atomic E-state index is 0.0151. The number of esters is 1. The molecule has 0 aliphatic carbocycles. The maximum Gasteiger partial charge on any atom is 0.337 e. The van der Waals surface area contributed by atoms with E-state index in [0.29, 0.717) is 17.7 Å². The quantitative estimate of drug-likeness (QED) is 0.341. The third-order valence-electron chi connectivity index (χ3n) is 5.71. The molecule has 2 aliphatic rings. The van der Waals surface area contributed by atoms with Crippen molar-refractivity contribution in [3.63, 3.8) is 0 Å². The van der Waals surface area contributed by atoms with Crippen molar-refractivity contribution in [1.29, 1.82) is 0 Å². The van der Waals surface area contributed by atoms with Crippen LogP contribution in [-0.4, -0.2) is 28.7 Å². The summed E-state index contributed by atoms with van der Waals surface area (Å²) < 4.78 is 11.0. The van der Waals surface area contributed by atoms with Crippen LogP contribution in [0.15, 0.2) is 77.9 Å². The molecule has 8 heteroatoms. The van der Waals surface area contributed by atoms with Crippen molar-refractivity contribution in [3.05, 3.63) is 105 Å². The van der Waals surface area contributed by atoms with Gasteiger partial charge in [-0.3, -0.25) is 10.1 Å². The van der Waals surface area contributed by atoms with Crippen molar-refractivity contribution < 1.29 is 19.2 Å². The van der Waals surface area contributed by atoms with E-state index >= 15 is 0 Å². The fourth-order valence-corrected chi connectivity index (χ4v) is 4.11. The molecule has 0 saturated heterocycles. The highest BCUT2D eigenvalue weighted by Crippen LogP contribution is 2.48. The molecule has 0 spiro atoms. The van der Waals surface area contributed by atoms with E-state index in [1.165, 1.54) is 13.2 Å². The molecular formula is C24H19N3O5. The Morgan fingerprint density at radius 3 is 2.56 bits per heavy atom. The standard InChI is InChI=1S/C24H19N3O5/c1-31-24(28)17-9-7-16(8-10-17)23-26-21(14-20(25-26)15-5-3-2-4-6-15)19-13-18(27(29)30)11-12-22(19)32-23/h2-13,21,23H,14H2,1H3/t21-,23-/m1/s1. The number of benzene rings is 3. The summed E-state index contributed by atoms with van der Waals surface area (Å²) in [6.45, 7) is 0. The molecule has 2 atom stereocenters. The second kappa shape index (κ2) is 7.81. The first-order valence-electron chi connectivity index (χ1n) is 10.1. The minimum atomic E-state index is -0.540. The van der Waals surface area contributed by atoms with Crippen LogP contribution in [0.5, 0.6) is 5.75 Å². The molecule has 160 valence electrons. The molecule has 0 saturated carbocycles. The van der Waals surface area contributed by atoms with Gasteiger partial charge in [-0.15, -0.1) is 0 Å². The molecule has 3 aromatic carbocycles. The number of methoxy groups -OCH3 is 1. The first-order chi connectivity index (χ1) is 15.5. The molecule has 0 N–H and O–H groups in total. The molecule has 5 rings (SSSR count). The predicted molar refractivity (Wildman–Crippen MR) is 116 cm³/mol. The second-order valence-electron chi connectivity index (χ2n) is 7.58. The van der Waals surface area contributed by atoms with Crippen LogP contribution < -0.4 is 4.74 Å². The van der Waals surface area contributed by atoms with Gasteiger partial charge < -0.3 is 9.47 Å². The number of nitro groups is 1. The fourth-order valence-electron chi connectivity index (χ4n) is 4.11. The zero-order chi connectivity index (χ0) is 22.2. The summed E-state index contributed by atoms with van der Waals surface area (Å²) in [4.78, 5) is 22.7. The SMILES string of the molecule is COC(=O)c1ccc([C@H]2Oc3ccc([N+](=O)[O-])cc3[C@H]3CC(c4ccccc4)=NN32)cc1. The average Bonchev–Trinajstić information content (AvgIpc) is 3.29. The average molecular weight is 429 g/mol. The Kier molecular flexibility index (Phi) is 4.82. The zero-order valence-electron chi connectivity index (χ0n) is 17.2. The lowest BCUT2D eigenvalue weighted by Gasteiger charge is -2.38. The number of nitro benzene ring substituents is 1. The Hall–Kier alpha value is -4.20. The van der Waals surface area contributed by atoms with E-state index in [9.17, 15) is 14.9 Å². The minimum Gasteiger partial charge on any atom is -0.465 e. The number of nitrogens with zero attached hydrogens (tertiary/aromatic N) is 3. The molecule has 2 aliphatic heterocycles. The van der Waals surface area contributed by atoms with Crippen molar-refractivity contribution >= 4 is 17.4 Å². The number of hydrogen-bond donors (Lipinski definition) is 0. The van der Waals surface area contributed by atoms with Gasteiger partial charge in [0.25, 0.3) is 5.69 Å². The Balaban J connectivity index is 1.57. The second-order valence-corrected chi connectivity index (χ2v) is 7.58. The van der Waals surface area contributed by atoms with Crippen LogP contribution in [0.3, 0.4) is 0 Å². The molecular weight excluding hydrogens is 410 g/mol. The molecule has 2 heterocycles. The van der Waals surface area contributed by atoms with Crippen LogP contribution in [0, 0.1) is 10.1 Å². The maximum absolute atomic E-state index is 11.8. The van der Waals surface area contributed by atoms with Gasteiger partial charge in [-0.25, -0.2) is 9.80 Å². The summed E-state index contributed by atoms with van der Waals surface area (Å²) in [5.74, 6) is 0.172. The first-order valence-corrected chi connectivity index (χ1v) is 10.1. The van der Waals surface area contributed by atoms with Crippen molar-refractivity contribution in [3.8, 4) is 5.75 Å². The summed E-state index contributed by atoms with van der Waals surface area (Å²) in [5.41, 5.74) is 3.88. The van der Waals surface area contributed by atoms with Crippen LogP contribution in [-0.2, 0) is 4.74 Å². The van der Waals surface area contributed by atoms with Gasteiger partial charge in [-0.2, -0.15) is 5.10 Å². The van der Waals surface area contributed by atoms with Gasteiger partial charge in [-0.1, -0.05) is 42.5 Å². The van der Waals surface area contributed by atoms with E-state index in [0.717, 1.165) is 22.4 Å². The number of fused-ring (bicyclic) bond motifs is 3. The Labute approximate surface area is 183 Å². The first kappa shape index (κ1) is 19.7. The van der Waals surface area contributed by atoms with E-state index in [4.69, 9.17) is 14.6 Å². The summed E-state index contributed by atoms with van der Waals surface area (Å²) in [6.07, 6.45) is 0.0556. The normalized spacial score (nSPS) is 18.8. The highest BCUT2D eigenvalue weighted by atomic mass is 16.6. The van der Waals surface area contributed by atoms with Crippen LogP contribution >= 0.6 is 0 Å². The van der Waals surface area contributed by atoms with Gasteiger partial charge >= 0.3 is 5.97 Å². The van der Waals surface area contributed by atoms with E-state index < -0.39 is 17.1 Å². The lowest BCUT2D eigenvalue weighted by Crippen LogP contribution is -2.33. The number of hydrazone groups is 1. The molecule has 0 unspecified atom stereocenters. The number of carbonyl (C=O) groups excluding carboxylic acids is 1. The van der Waals surface area contributed by atoms with Gasteiger partial charge in [0.05, 0.1) is 29.4 Å².